The molecular weight excluding hydrogens is 238 g/mol. The van der Waals surface area contributed by atoms with Gasteiger partial charge in [-0.05, 0) is 36.5 Å². The molecule has 0 aliphatic carbocycles. The molecule has 2 rings (SSSR count). The zero-order valence-corrected chi connectivity index (χ0v) is 11.2. The van der Waals surface area contributed by atoms with Gasteiger partial charge < -0.3 is 0 Å². The molecule has 0 fully saturated rings. The summed E-state index contributed by atoms with van der Waals surface area (Å²) in [5.74, 6) is 0.405. The van der Waals surface area contributed by atoms with Crippen molar-refractivity contribution in [2.75, 3.05) is 0 Å². The Bertz CT molecular complexity index is 579. The monoisotopic (exact) mass is 255 g/mol. The number of nitro benzene ring substituents is 1. The second kappa shape index (κ2) is 5.65. The van der Waals surface area contributed by atoms with Crippen LogP contribution in [-0.2, 0) is 6.42 Å². The minimum absolute atomic E-state index is 0.191. The van der Waals surface area contributed by atoms with E-state index in [0.717, 1.165) is 17.5 Å². The summed E-state index contributed by atoms with van der Waals surface area (Å²) in [6, 6.07) is 15.7. The highest BCUT2D eigenvalue weighted by atomic mass is 16.6. The molecule has 1 unspecified atom stereocenters. The first-order valence-corrected chi connectivity index (χ1v) is 6.37. The Labute approximate surface area is 113 Å². The van der Waals surface area contributed by atoms with Gasteiger partial charge in [-0.2, -0.15) is 0 Å². The number of hydrogen-bond donors (Lipinski definition) is 0. The summed E-state index contributed by atoms with van der Waals surface area (Å²) in [4.78, 5) is 10.4. The number of rotatable bonds is 4. The van der Waals surface area contributed by atoms with Crippen molar-refractivity contribution in [3.05, 3.63) is 75.3 Å². The number of hydrogen-bond acceptors (Lipinski definition) is 2. The summed E-state index contributed by atoms with van der Waals surface area (Å²) in [7, 11) is 0. The maximum atomic E-state index is 10.8. The Morgan fingerprint density at radius 2 is 1.84 bits per heavy atom. The number of aryl methyl sites for hydroxylation is 1. The van der Waals surface area contributed by atoms with Crippen molar-refractivity contribution >= 4 is 5.69 Å². The predicted molar refractivity (Wildman–Crippen MR) is 76.4 cm³/mol. The Morgan fingerprint density at radius 3 is 2.42 bits per heavy atom. The van der Waals surface area contributed by atoms with E-state index in [1.165, 1.54) is 5.56 Å². The van der Waals surface area contributed by atoms with Gasteiger partial charge in [-0.15, -0.1) is 0 Å². The number of nitro groups is 1. The second-order valence-electron chi connectivity index (χ2n) is 4.89. The lowest BCUT2D eigenvalue weighted by Gasteiger charge is -2.12. The Hall–Kier alpha value is -2.16. The van der Waals surface area contributed by atoms with Crippen LogP contribution in [0.2, 0.25) is 0 Å². The first-order chi connectivity index (χ1) is 9.08. The maximum Gasteiger partial charge on any atom is 0.272 e. The third-order valence-corrected chi connectivity index (χ3v) is 3.37. The Balaban J connectivity index is 2.16. The van der Waals surface area contributed by atoms with Gasteiger partial charge in [0.15, 0.2) is 0 Å². The van der Waals surface area contributed by atoms with Crippen LogP contribution in [0.25, 0.3) is 0 Å². The van der Waals surface area contributed by atoms with E-state index in [-0.39, 0.29) is 10.6 Å². The van der Waals surface area contributed by atoms with Gasteiger partial charge in [0.25, 0.3) is 5.69 Å². The lowest BCUT2D eigenvalue weighted by Crippen LogP contribution is -1.99. The molecule has 0 aromatic heterocycles. The Kier molecular flexibility index (Phi) is 3.95. The first-order valence-electron chi connectivity index (χ1n) is 6.37. The van der Waals surface area contributed by atoms with E-state index in [2.05, 4.69) is 19.1 Å². The zero-order chi connectivity index (χ0) is 13.8. The van der Waals surface area contributed by atoms with E-state index in [9.17, 15) is 10.1 Å². The number of benzene rings is 2. The van der Waals surface area contributed by atoms with Gasteiger partial charge in [0.05, 0.1) is 4.92 Å². The standard InChI is InChI=1S/C16H17NO2/c1-12(15-6-4-3-5-7-15)10-14-8-9-16(17(18)19)13(2)11-14/h3-9,11-12H,10H2,1-2H3. The number of nitrogens with zero attached hydrogens (tertiary/aromatic N) is 1. The molecule has 19 heavy (non-hydrogen) atoms. The molecule has 0 amide bonds. The molecule has 3 heteroatoms. The molecule has 2 aromatic carbocycles. The van der Waals surface area contributed by atoms with Crippen molar-refractivity contribution in [1.82, 2.24) is 0 Å². The third kappa shape index (κ3) is 3.19. The highest BCUT2D eigenvalue weighted by Crippen LogP contribution is 2.24. The summed E-state index contributed by atoms with van der Waals surface area (Å²) in [5, 5.41) is 10.8. The van der Waals surface area contributed by atoms with Gasteiger partial charge in [0.1, 0.15) is 0 Å². The fourth-order valence-electron chi connectivity index (χ4n) is 2.30. The van der Waals surface area contributed by atoms with Crippen LogP contribution in [0.1, 0.15) is 29.5 Å². The molecule has 1 atom stereocenters. The molecular formula is C16H17NO2. The topological polar surface area (TPSA) is 43.1 Å². The van der Waals surface area contributed by atoms with Gasteiger partial charge in [-0.3, -0.25) is 10.1 Å². The lowest BCUT2D eigenvalue weighted by molar-refractivity contribution is -0.385. The molecule has 0 N–H and O–H groups in total. The quantitative estimate of drug-likeness (QED) is 0.605. The largest absolute Gasteiger partial charge is 0.272 e. The molecule has 2 aromatic rings. The summed E-state index contributed by atoms with van der Waals surface area (Å²) < 4.78 is 0. The summed E-state index contributed by atoms with van der Waals surface area (Å²) in [6.45, 7) is 3.96. The molecule has 0 aliphatic heterocycles. The minimum atomic E-state index is -0.334. The third-order valence-electron chi connectivity index (χ3n) is 3.37. The van der Waals surface area contributed by atoms with Gasteiger partial charge in [0.2, 0.25) is 0 Å². The summed E-state index contributed by atoms with van der Waals surface area (Å²) >= 11 is 0. The van der Waals surface area contributed by atoms with Crippen LogP contribution >= 0.6 is 0 Å². The highest BCUT2D eigenvalue weighted by molar-refractivity contribution is 5.42. The van der Waals surface area contributed by atoms with Crippen LogP contribution in [0.4, 0.5) is 5.69 Å². The van der Waals surface area contributed by atoms with Gasteiger partial charge in [-0.1, -0.05) is 43.3 Å². The fourth-order valence-corrected chi connectivity index (χ4v) is 2.30. The first kappa shape index (κ1) is 13.3. The second-order valence-corrected chi connectivity index (χ2v) is 4.89. The maximum absolute atomic E-state index is 10.8. The highest BCUT2D eigenvalue weighted by Gasteiger charge is 2.12. The van der Waals surface area contributed by atoms with E-state index >= 15 is 0 Å². The van der Waals surface area contributed by atoms with Gasteiger partial charge in [-0.25, -0.2) is 0 Å². The van der Waals surface area contributed by atoms with E-state index in [4.69, 9.17) is 0 Å². The fraction of sp³-hybridized carbons (Fsp3) is 0.250. The molecule has 0 saturated heterocycles. The Morgan fingerprint density at radius 1 is 1.16 bits per heavy atom. The normalized spacial score (nSPS) is 12.1. The summed E-state index contributed by atoms with van der Waals surface area (Å²) in [5.41, 5.74) is 3.34. The van der Waals surface area contributed by atoms with Crippen LogP contribution in [-0.4, -0.2) is 4.92 Å². The molecule has 0 aliphatic rings. The van der Waals surface area contributed by atoms with Crippen molar-refractivity contribution in [2.24, 2.45) is 0 Å². The molecule has 98 valence electrons. The van der Waals surface area contributed by atoms with Crippen LogP contribution in [0.15, 0.2) is 48.5 Å². The minimum Gasteiger partial charge on any atom is -0.258 e. The molecule has 0 bridgehead atoms. The SMILES string of the molecule is Cc1cc(CC(C)c2ccccc2)ccc1[N+](=O)[O-]. The van der Waals surface area contributed by atoms with E-state index in [0.29, 0.717) is 5.92 Å². The predicted octanol–water partition coefficient (Wildman–Crippen LogP) is 4.25. The van der Waals surface area contributed by atoms with E-state index in [1.54, 1.807) is 13.0 Å². The van der Waals surface area contributed by atoms with Crippen LogP contribution in [0, 0.1) is 17.0 Å². The zero-order valence-electron chi connectivity index (χ0n) is 11.2. The van der Waals surface area contributed by atoms with Crippen molar-refractivity contribution in [1.29, 1.82) is 0 Å². The van der Waals surface area contributed by atoms with Gasteiger partial charge in [0, 0.05) is 11.6 Å². The van der Waals surface area contributed by atoms with Crippen molar-refractivity contribution in [3.8, 4) is 0 Å². The molecule has 0 spiro atoms. The lowest BCUT2D eigenvalue weighted by atomic mass is 9.93. The van der Waals surface area contributed by atoms with Crippen LogP contribution < -0.4 is 0 Å². The molecule has 0 saturated carbocycles. The molecule has 3 nitrogen and oxygen atoms in total. The molecule has 0 heterocycles. The van der Waals surface area contributed by atoms with Crippen LogP contribution in [0.3, 0.4) is 0 Å². The van der Waals surface area contributed by atoms with Crippen molar-refractivity contribution < 1.29 is 4.92 Å². The smallest absolute Gasteiger partial charge is 0.258 e. The van der Waals surface area contributed by atoms with Crippen LogP contribution in [0.5, 0.6) is 0 Å². The average molecular weight is 255 g/mol. The van der Waals surface area contributed by atoms with E-state index in [1.807, 2.05) is 30.3 Å². The van der Waals surface area contributed by atoms with Crippen molar-refractivity contribution in [3.63, 3.8) is 0 Å². The van der Waals surface area contributed by atoms with E-state index < -0.39 is 0 Å². The van der Waals surface area contributed by atoms with Gasteiger partial charge >= 0.3 is 0 Å². The summed E-state index contributed by atoms with van der Waals surface area (Å²) in [6.07, 6.45) is 0.892. The van der Waals surface area contributed by atoms with Crippen molar-refractivity contribution in [2.45, 2.75) is 26.2 Å². The molecule has 0 radical (unpaired) electrons. The average Bonchev–Trinajstić information content (AvgIpc) is 2.39.